The quantitative estimate of drug-likeness (QED) is 0.439. The number of hydrogen-bond acceptors (Lipinski definition) is 7. The summed E-state index contributed by atoms with van der Waals surface area (Å²) < 4.78 is 18.1. The van der Waals surface area contributed by atoms with Gasteiger partial charge < -0.3 is 30.3 Å². The minimum Gasteiger partial charge on any atom is -0.387 e. The molecule has 5 atom stereocenters. The molecule has 0 radical (unpaired) electrons. The van der Waals surface area contributed by atoms with Crippen molar-refractivity contribution in [3.8, 4) is 0 Å². The number of ether oxygens (including phenoxy) is 1. The van der Waals surface area contributed by atoms with Gasteiger partial charge in [-0.15, -0.1) is 11.8 Å². The zero-order valence-electron chi connectivity index (χ0n) is 18.7. The third kappa shape index (κ3) is 6.02. The monoisotopic (exact) mass is 490 g/mol. The predicted molar refractivity (Wildman–Crippen MR) is 127 cm³/mol. The summed E-state index contributed by atoms with van der Waals surface area (Å²) in [6.07, 6.45) is -3.99. The van der Waals surface area contributed by atoms with Crippen molar-refractivity contribution in [2.45, 2.75) is 35.4 Å². The smallest absolute Gasteiger partial charge is 0.252 e. The molecule has 10 heteroatoms. The minimum atomic E-state index is -1.79. The summed E-state index contributed by atoms with van der Waals surface area (Å²) in [5.74, 6) is -1.29. The standard InChI is InChI=1S/C24H27FN2O6S/c1-27-17-5-3-4-6-19(17)34-13-16(24(27)32)26-23(31)22(33-2)21(30)20(29)18(28)12-9-14-7-10-15(25)11-8-14/h3-12,16,18,20-22,28-30H,13H2,1-2H3,(H,26,31)/b12-9+/t16-,18+,20-,21+,22+/m0/s1. The molecule has 3 rings (SSSR count). The fraction of sp³-hybridized carbons (Fsp3) is 0.333. The zero-order valence-corrected chi connectivity index (χ0v) is 19.5. The lowest BCUT2D eigenvalue weighted by molar-refractivity contribution is -0.150. The minimum absolute atomic E-state index is 0.268. The second-order valence-corrected chi connectivity index (χ2v) is 8.84. The van der Waals surface area contributed by atoms with Gasteiger partial charge in [0, 0.05) is 24.8 Å². The number of thioether (sulfide) groups is 1. The van der Waals surface area contributed by atoms with Crippen molar-refractivity contribution >= 4 is 35.3 Å². The van der Waals surface area contributed by atoms with E-state index < -0.39 is 42.2 Å². The van der Waals surface area contributed by atoms with Gasteiger partial charge in [0.15, 0.2) is 6.10 Å². The summed E-state index contributed by atoms with van der Waals surface area (Å²) in [5.41, 5.74) is 1.29. The number of aliphatic hydroxyl groups is 3. The third-order valence-corrected chi connectivity index (χ3v) is 6.61. The van der Waals surface area contributed by atoms with E-state index in [1.807, 2.05) is 24.3 Å². The van der Waals surface area contributed by atoms with Crippen LogP contribution in [0.3, 0.4) is 0 Å². The maximum absolute atomic E-state index is 13.0. The van der Waals surface area contributed by atoms with E-state index in [1.54, 1.807) is 7.05 Å². The molecule has 8 nitrogen and oxygen atoms in total. The van der Waals surface area contributed by atoms with E-state index >= 15 is 0 Å². The number of carbonyl (C=O) groups excluding carboxylic acids is 2. The fourth-order valence-corrected chi connectivity index (χ4v) is 4.59. The van der Waals surface area contributed by atoms with E-state index in [-0.39, 0.29) is 11.7 Å². The molecular formula is C24H27FN2O6S. The van der Waals surface area contributed by atoms with Crippen molar-refractivity contribution < 1.29 is 34.0 Å². The van der Waals surface area contributed by atoms with Crippen LogP contribution in [-0.4, -0.2) is 77.5 Å². The lowest BCUT2D eigenvalue weighted by Gasteiger charge is -2.28. The van der Waals surface area contributed by atoms with Crippen LogP contribution < -0.4 is 10.2 Å². The number of hydrogen-bond donors (Lipinski definition) is 4. The van der Waals surface area contributed by atoms with E-state index in [0.717, 1.165) is 10.6 Å². The second-order valence-electron chi connectivity index (χ2n) is 7.78. The van der Waals surface area contributed by atoms with E-state index in [2.05, 4.69) is 5.32 Å². The van der Waals surface area contributed by atoms with Crippen LogP contribution in [0.2, 0.25) is 0 Å². The number of anilines is 1. The number of amides is 2. The average molecular weight is 491 g/mol. The molecule has 0 fully saturated rings. The van der Waals surface area contributed by atoms with E-state index in [1.165, 1.54) is 60.2 Å². The molecule has 0 saturated heterocycles. The van der Waals surface area contributed by atoms with Crippen molar-refractivity contribution in [3.63, 3.8) is 0 Å². The number of halogens is 1. The lowest BCUT2D eigenvalue weighted by Crippen LogP contribution is -2.56. The van der Waals surface area contributed by atoms with Gasteiger partial charge in [-0.1, -0.05) is 36.4 Å². The van der Waals surface area contributed by atoms with Crippen LogP contribution in [0.15, 0.2) is 59.5 Å². The Morgan fingerprint density at radius 3 is 2.53 bits per heavy atom. The molecule has 0 aromatic heterocycles. The van der Waals surface area contributed by atoms with Gasteiger partial charge in [0.1, 0.15) is 30.2 Å². The van der Waals surface area contributed by atoms with Crippen LogP contribution in [0, 0.1) is 5.82 Å². The Labute approximate surface area is 201 Å². The average Bonchev–Trinajstić information content (AvgIpc) is 2.95. The van der Waals surface area contributed by atoms with Crippen LogP contribution >= 0.6 is 11.8 Å². The highest BCUT2D eigenvalue weighted by Crippen LogP contribution is 2.33. The molecule has 1 heterocycles. The number of methoxy groups -OCH3 is 1. The maximum Gasteiger partial charge on any atom is 0.252 e. The summed E-state index contributed by atoms with van der Waals surface area (Å²) in [6.45, 7) is 0. The van der Waals surface area contributed by atoms with Crippen LogP contribution in [0.5, 0.6) is 0 Å². The van der Waals surface area contributed by atoms with Crippen molar-refractivity contribution in [3.05, 3.63) is 66.0 Å². The molecule has 0 saturated carbocycles. The van der Waals surface area contributed by atoms with Gasteiger partial charge in [0.25, 0.3) is 5.91 Å². The highest BCUT2D eigenvalue weighted by Gasteiger charge is 2.38. The number of para-hydroxylation sites is 1. The van der Waals surface area contributed by atoms with Gasteiger partial charge in [0.2, 0.25) is 5.91 Å². The summed E-state index contributed by atoms with van der Waals surface area (Å²) in [7, 11) is 2.79. The van der Waals surface area contributed by atoms with Crippen LogP contribution in [-0.2, 0) is 14.3 Å². The highest BCUT2D eigenvalue weighted by molar-refractivity contribution is 7.99. The summed E-state index contributed by atoms with van der Waals surface area (Å²) in [6, 6.07) is 11.9. The number of aliphatic hydroxyl groups excluding tert-OH is 3. The first-order valence-corrected chi connectivity index (χ1v) is 11.5. The number of carbonyl (C=O) groups is 2. The molecular weight excluding hydrogens is 463 g/mol. The Morgan fingerprint density at radius 2 is 1.85 bits per heavy atom. The first-order valence-electron chi connectivity index (χ1n) is 10.5. The third-order valence-electron chi connectivity index (χ3n) is 5.46. The molecule has 0 unspecified atom stereocenters. The Bertz CT molecular complexity index is 1030. The molecule has 2 aromatic carbocycles. The fourth-order valence-electron chi connectivity index (χ4n) is 3.49. The molecule has 0 bridgehead atoms. The van der Waals surface area contributed by atoms with E-state index in [0.29, 0.717) is 5.56 Å². The number of fused-ring (bicyclic) bond motifs is 1. The van der Waals surface area contributed by atoms with Gasteiger partial charge in [-0.05, 0) is 29.8 Å². The van der Waals surface area contributed by atoms with Gasteiger partial charge in [-0.3, -0.25) is 9.59 Å². The normalized spacial score (nSPS) is 19.8. The van der Waals surface area contributed by atoms with Crippen molar-refractivity contribution in [1.29, 1.82) is 0 Å². The van der Waals surface area contributed by atoms with E-state index in [4.69, 9.17) is 4.74 Å². The van der Waals surface area contributed by atoms with E-state index in [9.17, 15) is 29.3 Å². The molecule has 2 aromatic rings. The Balaban J connectivity index is 1.64. The predicted octanol–water partition coefficient (Wildman–Crippen LogP) is 1.19. The van der Waals surface area contributed by atoms with Crippen molar-refractivity contribution in [2.24, 2.45) is 0 Å². The zero-order chi connectivity index (χ0) is 24.8. The highest BCUT2D eigenvalue weighted by atomic mass is 32.2. The Hall–Kier alpha value is -2.76. The summed E-state index contributed by atoms with van der Waals surface area (Å²) in [4.78, 5) is 28.1. The Morgan fingerprint density at radius 1 is 1.18 bits per heavy atom. The summed E-state index contributed by atoms with van der Waals surface area (Å²) >= 11 is 1.41. The molecule has 34 heavy (non-hydrogen) atoms. The lowest BCUT2D eigenvalue weighted by atomic mass is 10.0. The molecule has 0 spiro atoms. The second kappa shape index (κ2) is 11.6. The molecule has 2 amide bonds. The topological polar surface area (TPSA) is 119 Å². The number of benzene rings is 2. The number of likely N-dealkylation sites (N-methyl/N-ethyl adjacent to an activating group) is 1. The van der Waals surface area contributed by atoms with Crippen molar-refractivity contribution in [1.82, 2.24) is 5.32 Å². The number of rotatable bonds is 8. The van der Waals surface area contributed by atoms with Gasteiger partial charge in [-0.2, -0.15) is 0 Å². The first-order chi connectivity index (χ1) is 16.2. The molecule has 182 valence electrons. The summed E-state index contributed by atoms with van der Waals surface area (Å²) in [5, 5.41) is 33.7. The van der Waals surface area contributed by atoms with Crippen molar-refractivity contribution in [2.75, 3.05) is 24.8 Å². The molecule has 0 aliphatic carbocycles. The number of nitrogens with one attached hydrogen (secondary N) is 1. The maximum atomic E-state index is 13.0. The largest absolute Gasteiger partial charge is 0.387 e. The Kier molecular flexibility index (Phi) is 8.81. The van der Waals surface area contributed by atoms with Gasteiger partial charge in [-0.25, -0.2) is 4.39 Å². The number of nitrogens with zero attached hydrogens (tertiary/aromatic N) is 1. The molecule has 4 N–H and O–H groups in total. The molecule has 1 aliphatic heterocycles. The van der Waals surface area contributed by atoms with Crippen LogP contribution in [0.1, 0.15) is 5.56 Å². The van der Waals surface area contributed by atoms with Gasteiger partial charge >= 0.3 is 0 Å². The molecule has 1 aliphatic rings. The first kappa shape index (κ1) is 25.9. The SMILES string of the molecule is CO[C@@H](C(=O)N[C@H]1CSc2ccccc2N(C)C1=O)[C@H](O)[C@@H](O)[C@H](O)/C=C/c1ccc(F)cc1. The van der Waals surface area contributed by atoms with Gasteiger partial charge in [0.05, 0.1) is 5.69 Å². The van der Waals surface area contributed by atoms with Crippen LogP contribution in [0.4, 0.5) is 10.1 Å². The van der Waals surface area contributed by atoms with Crippen LogP contribution in [0.25, 0.3) is 6.08 Å².